The summed E-state index contributed by atoms with van der Waals surface area (Å²) < 4.78 is 6.53. The first-order chi connectivity index (χ1) is 9.69. The molecule has 3 unspecified atom stereocenters. The first-order valence-electron chi connectivity index (χ1n) is 8.71. The van der Waals surface area contributed by atoms with E-state index in [-0.39, 0.29) is 5.60 Å². The first kappa shape index (κ1) is 15.3. The average Bonchev–Trinajstić information content (AvgIpc) is 2.82. The molecule has 0 amide bonds. The minimum Gasteiger partial charge on any atom is -0.370 e. The maximum atomic E-state index is 6.53. The minimum absolute atomic E-state index is 0.282. The van der Waals surface area contributed by atoms with E-state index in [9.17, 15) is 0 Å². The third kappa shape index (κ3) is 3.41. The zero-order chi connectivity index (χ0) is 14.0. The second kappa shape index (κ2) is 6.66. The number of ether oxygens (including phenoxy) is 1. The van der Waals surface area contributed by atoms with Crippen LogP contribution in [0.4, 0.5) is 0 Å². The van der Waals surface area contributed by atoms with Crippen LogP contribution in [0.25, 0.3) is 0 Å². The molecular weight excluding hydrogens is 314 g/mol. The van der Waals surface area contributed by atoms with E-state index in [2.05, 4.69) is 27.9 Å². The molecular formula is C17H30BrNO. The standard InChI is InChI=1S/C17H30BrNO/c1-19(16-8-4-3-7-15(16)18)13-14-9-12-17(20-14)10-5-2-6-11-17/h14-16H,2-13H2,1H3. The molecule has 1 aliphatic heterocycles. The second-order valence-electron chi connectivity index (χ2n) is 7.33. The van der Waals surface area contributed by atoms with Gasteiger partial charge < -0.3 is 4.74 Å². The molecule has 0 aromatic rings. The van der Waals surface area contributed by atoms with E-state index in [0.29, 0.717) is 10.9 Å². The third-order valence-electron chi connectivity index (χ3n) is 5.81. The van der Waals surface area contributed by atoms with Crippen molar-refractivity contribution < 1.29 is 4.74 Å². The highest BCUT2D eigenvalue weighted by atomic mass is 79.9. The van der Waals surface area contributed by atoms with Gasteiger partial charge in [-0.2, -0.15) is 0 Å². The first-order valence-corrected chi connectivity index (χ1v) is 9.62. The van der Waals surface area contributed by atoms with Gasteiger partial charge in [-0.25, -0.2) is 0 Å². The van der Waals surface area contributed by atoms with Gasteiger partial charge in [0.15, 0.2) is 0 Å². The number of hydrogen-bond acceptors (Lipinski definition) is 2. The van der Waals surface area contributed by atoms with Gasteiger partial charge in [-0.1, -0.05) is 48.0 Å². The van der Waals surface area contributed by atoms with Crippen LogP contribution in [0.1, 0.15) is 70.6 Å². The molecule has 2 aliphatic carbocycles. The predicted molar refractivity (Wildman–Crippen MR) is 87.5 cm³/mol. The highest BCUT2D eigenvalue weighted by Crippen LogP contribution is 2.42. The molecule has 1 spiro atoms. The van der Waals surface area contributed by atoms with E-state index < -0.39 is 0 Å². The Bertz CT molecular complexity index is 316. The predicted octanol–water partition coefficient (Wildman–Crippen LogP) is 4.51. The summed E-state index contributed by atoms with van der Waals surface area (Å²) >= 11 is 3.89. The minimum atomic E-state index is 0.282. The van der Waals surface area contributed by atoms with Gasteiger partial charge >= 0.3 is 0 Å². The number of halogens is 1. The summed E-state index contributed by atoms with van der Waals surface area (Å²) in [7, 11) is 2.31. The normalized spacial score (nSPS) is 37.6. The van der Waals surface area contributed by atoms with Gasteiger partial charge in [0, 0.05) is 17.4 Å². The van der Waals surface area contributed by atoms with Crippen LogP contribution in [-0.2, 0) is 4.74 Å². The Morgan fingerprint density at radius 2 is 1.75 bits per heavy atom. The molecule has 1 saturated heterocycles. The maximum Gasteiger partial charge on any atom is 0.0710 e. The van der Waals surface area contributed by atoms with E-state index in [4.69, 9.17) is 4.74 Å². The number of nitrogens with zero attached hydrogens (tertiary/aromatic N) is 1. The maximum absolute atomic E-state index is 6.53. The van der Waals surface area contributed by atoms with E-state index in [1.54, 1.807) is 0 Å². The molecule has 2 saturated carbocycles. The highest BCUT2D eigenvalue weighted by Gasteiger charge is 2.41. The Hall–Kier alpha value is 0.400. The molecule has 3 heteroatoms. The van der Waals surface area contributed by atoms with Crippen LogP contribution >= 0.6 is 15.9 Å². The summed E-state index contributed by atoms with van der Waals surface area (Å²) in [5.41, 5.74) is 0.282. The van der Waals surface area contributed by atoms with Gasteiger partial charge in [0.25, 0.3) is 0 Å². The lowest BCUT2D eigenvalue weighted by molar-refractivity contribution is -0.0732. The number of hydrogen-bond donors (Lipinski definition) is 0. The molecule has 2 nitrogen and oxygen atoms in total. The van der Waals surface area contributed by atoms with Crippen molar-refractivity contribution in [3.8, 4) is 0 Å². The fraction of sp³-hybridized carbons (Fsp3) is 1.00. The van der Waals surface area contributed by atoms with E-state index in [1.807, 2.05) is 0 Å². The van der Waals surface area contributed by atoms with E-state index in [1.165, 1.54) is 70.6 Å². The zero-order valence-electron chi connectivity index (χ0n) is 13.0. The van der Waals surface area contributed by atoms with Crippen LogP contribution in [0.3, 0.4) is 0 Å². The molecule has 3 aliphatic rings. The van der Waals surface area contributed by atoms with Crippen molar-refractivity contribution in [2.45, 2.75) is 93.2 Å². The Kier molecular flexibility index (Phi) is 5.10. The van der Waals surface area contributed by atoms with Crippen molar-refractivity contribution in [1.29, 1.82) is 0 Å². The lowest BCUT2D eigenvalue weighted by Crippen LogP contribution is -2.44. The monoisotopic (exact) mass is 343 g/mol. The number of likely N-dealkylation sites (N-methyl/N-ethyl adjacent to an activating group) is 1. The molecule has 3 rings (SSSR count). The topological polar surface area (TPSA) is 12.5 Å². The highest BCUT2D eigenvalue weighted by molar-refractivity contribution is 9.09. The van der Waals surface area contributed by atoms with Crippen LogP contribution in [0.5, 0.6) is 0 Å². The lowest BCUT2D eigenvalue weighted by atomic mass is 9.83. The molecule has 0 aromatic heterocycles. The summed E-state index contributed by atoms with van der Waals surface area (Å²) in [6.45, 7) is 1.13. The van der Waals surface area contributed by atoms with Crippen molar-refractivity contribution in [3.05, 3.63) is 0 Å². The van der Waals surface area contributed by atoms with E-state index in [0.717, 1.165) is 12.6 Å². The molecule has 0 radical (unpaired) electrons. The fourth-order valence-corrected chi connectivity index (χ4v) is 5.60. The van der Waals surface area contributed by atoms with Gasteiger partial charge in [-0.15, -0.1) is 0 Å². The van der Waals surface area contributed by atoms with Gasteiger partial charge in [0.05, 0.1) is 11.7 Å². The Morgan fingerprint density at radius 3 is 2.50 bits per heavy atom. The third-order valence-corrected chi connectivity index (χ3v) is 6.88. The summed E-state index contributed by atoms with van der Waals surface area (Å²) in [5, 5.41) is 0. The van der Waals surface area contributed by atoms with Crippen LogP contribution in [0, 0.1) is 0 Å². The quantitative estimate of drug-likeness (QED) is 0.699. The van der Waals surface area contributed by atoms with E-state index >= 15 is 0 Å². The summed E-state index contributed by atoms with van der Waals surface area (Å²) in [6.07, 6.45) is 15.4. The van der Waals surface area contributed by atoms with Crippen LogP contribution in [-0.4, -0.2) is 41.1 Å². The molecule has 1 heterocycles. The lowest BCUT2D eigenvalue weighted by Gasteiger charge is -2.37. The average molecular weight is 344 g/mol. The van der Waals surface area contributed by atoms with Gasteiger partial charge in [-0.3, -0.25) is 4.90 Å². The van der Waals surface area contributed by atoms with Crippen LogP contribution in [0.2, 0.25) is 0 Å². The van der Waals surface area contributed by atoms with Gasteiger partial charge in [-0.05, 0) is 45.6 Å². The summed E-state index contributed by atoms with van der Waals surface area (Å²) in [5.74, 6) is 0. The van der Waals surface area contributed by atoms with Crippen molar-refractivity contribution in [2.24, 2.45) is 0 Å². The number of alkyl halides is 1. The molecule has 20 heavy (non-hydrogen) atoms. The molecule has 0 bridgehead atoms. The molecule has 3 atom stereocenters. The fourth-order valence-electron chi connectivity index (χ4n) is 4.61. The zero-order valence-corrected chi connectivity index (χ0v) is 14.5. The van der Waals surface area contributed by atoms with Crippen molar-refractivity contribution in [3.63, 3.8) is 0 Å². The summed E-state index contributed by atoms with van der Waals surface area (Å²) in [6, 6.07) is 0.718. The van der Waals surface area contributed by atoms with Crippen molar-refractivity contribution in [2.75, 3.05) is 13.6 Å². The Morgan fingerprint density at radius 1 is 1.00 bits per heavy atom. The second-order valence-corrected chi connectivity index (χ2v) is 8.51. The van der Waals surface area contributed by atoms with Gasteiger partial charge in [0.2, 0.25) is 0 Å². The molecule has 0 N–H and O–H groups in total. The Labute approximate surface area is 132 Å². The SMILES string of the molecule is CN(CC1CCC2(CCCCC2)O1)C1CCCCC1Br. The number of rotatable bonds is 3. The summed E-state index contributed by atoms with van der Waals surface area (Å²) in [4.78, 5) is 3.26. The molecule has 116 valence electrons. The van der Waals surface area contributed by atoms with Crippen LogP contribution < -0.4 is 0 Å². The largest absolute Gasteiger partial charge is 0.370 e. The van der Waals surface area contributed by atoms with Crippen molar-refractivity contribution in [1.82, 2.24) is 4.90 Å². The Balaban J connectivity index is 1.50. The smallest absolute Gasteiger partial charge is 0.0710 e. The van der Waals surface area contributed by atoms with Crippen LogP contribution in [0.15, 0.2) is 0 Å². The molecule has 0 aromatic carbocycles. The van der Waals surface area contributed by atoms with Crippen molar-refractivity contribution >= 4 is 15.9 Å². The molecule has 3 fully saturated rings. The van der Waals surface area contributed by atoms with Gasteiger partial charge in [0.1, 0.15) is 0 Å².